The molecule has 0 saturated carbocycles. The van der Waals surface area contributed by atoms with Crippen LogP contribution in [0.25, 0.3) is 0 Å². The maximum absolute atomic E-state index is 14.3. The van der Waals surface area contributed by atoms with E-state index in [0.29, 0.717) is 5.75 Å². The van der Waals surface area contributed by atoms with Crippen LogP contribution in [0.3, 0.4) is 0 Å². The van der Waals surface area contributed by atoms with Crippen molar-refractivity contribution in [3.63, 3.8) is 0 Å². The van der Waals surface area contributed by atoms with Crippen LogP contribution in [0.5, 0.6) is 11.5 Å². The molecule has 0 aromatic heterocycles. The van der Waals surface area contributed by atoms with E-state index in [2.05, 4.69) is 6.58 Å². The highest BCUT2D eigenvalue weighted by molar-refractivity contribution is 5.81. The normalized spacial score (nSPS) is 17.8. The number of halogens is 2. The first kappa shape index (κ1) is 21.8. The van der Waals surface area contributed by atoms with Crippen molar-refractivity contribution in [2.75, 3.05) is 7.11 Å². The lowest BCUT2D eigenvalue weighted by Gasteiger charge is -2.34. The number of fused-ring (bicyclic) bond motifs is 1. The van der Waals surface area contributed by atoms with Gasteiger partial charge >= 0.3 is 5.97 Å². The van der Waals surface area contributed by atoms with Crippen molar-refractivity contribution < 1.29 is 27.8 Å². The predicted octanol–water partition coefficient (Wildman–Crippen LogP) is 5.52. The number of rotatable bonds is 6. The second-order valence-electron chi connectivity index (χ2n) is 7.64. The monoisotopic (exact) mass is 416 g/mol. The fraction of sp³-hybridized carbons (Fsp3) is 0.375. The second kappa shape index (κ2) is 8.86. The van der Waals surface area contributed by atoms with Gasteiger partial charge in [-0.15, -0.1) is 0 Å². The Morgan fingerprint density at radius 1 is 1.23 bits per heavy atom. The number of carbonyl (C=O) groups is 1. The fourth-order valence-electron chi connectivity index (χ4n) is 3.97. The van der Waals surface area contributed by atoms with E-state index in [-0.39, 0.29) is 23.8 Å². The summed E-state index contributed by atoms with van der Waals surface area (Å²) < 4.78 is 44.9. The molecule has 2 aromatic rings. The van der Waals surface area contributed by atoms with Crippen LogP contribution in [-0.4, -0.2) is 13.1 Å². The average Bonchev–Trinajstić information content (AvgIpc) is 2.71. The number of ether oxygens (including phenoxy) is 3. The third-order valence-electron chi connectivity index (χ3n) is 5.71. The van der Waals surface area contributed by atoms with Gasteiger partial charge in [-0.25, -0.2) is 13.6 Å². The summed E-state index contributed by atoms with van der Waals surface area (Å²) in [4.78, 5) is 11.9. The first-order chi connectivity index (χ1) is 14.3. The van der Waals surface area contributed by atoms with Gasteiger partial charge in [0.1, 0.15) is 35.8 Å². The zero-order valence-corrected chi connectivity index (χ0v) is 17.7. The van der Waals surface area contributed by atoms with Gasteiger partial charge in [-0.3, -0.25) is 0 Å². The van der Waals surface area contributed by atoms with E-state index < -0.39 is 23.7 Å². The van der Waals surface area contributed by atoms with Gasteiger partial charge in [0.05, 0.1) is 12.7 Å². The standard InChI is InChI=1S/C24H26F2O4/c1-6-22(27)30-24-13(2)7-8-17-14(3)9-21(15(4)23(17)24)29-12-18-19(25)10-16(28-5)11-20(18)26/h6,9-11,13,24H,1,7-8,12H2,2-5H3/t13-,24-/m1/s1. The zero-order chi connectivity index (χ0) is 22.0. The fourth-order valence-corrected chi connectivity index (χ4v) is 3.97. The molecular formula is C24H26F2O4. The number of aryl methyl sites for hydroxylation is 1. The smallest absolute Gasteiger partial charge is 0.330 e. The third kappa shape index (κ3) is 4.18. The zero-order valence-electron chi connectivity index (χ0n) is 17.7. The van der Waals surface area contributed by atoms with Gasteiger partial charge in [0.15, 0.2) is 0 Å². The first-order valence-electron chi connectivity index (χ1n) is 9.87. The average molecular weight is 416 g/mol. The summed E-state index contributed by atoms with van der Waals surface area (Å²) in [6.45, 7) is 9.08. The summed E-state index contributed by atoms with van der Waals surface area (Å²) in [5, 5.41) is 0. The van der Waals surface area contributed by atoms with Gasteiger partial charge in [0.2, 0.25) is 0 Å². The largest absolute Gasteiger partial charge is 0.497 e. The van der Waals surface area contributed by atoms with Crippen molar-refractivity contribution in [2.45, 2.75) is 46.3 Å². The SMILES string of the molecule is C=CC(=O)O[C@H]1c2c(C)c(OCc3c(F)cc(OC)cc3F)cc(C)c2CC[C@H]1C. The third-order valence-corrected chi connectivity index (χ3v) is 5.71. The van der Waals surface area contributed by atoms with Crippen molar-refractivity contribution >= 4 is 5.97 Å². The van der Waals surface area contributed by atoms with Crippen LogP contribution in [0.15, 0.2) is 30.9 Å². The lowest BCUT2D eigenvalue weighted by molar-refractivity contribution is -0.146. The molecule has 0 aliphatic heterocycles. The Hall–Kier alpha value is -2.89. The number of esters is 1. The lowest BCUT2D eigenvalue weighted by atomic mass is 9.78. The number of carbonyl (C=O) groups excluding carboxylic acids is 1. The molecule has 4 nitrogen and oxygen atoms in total. The maximum atomic E-state index is 14.3. The molecule has 0 unspecified atom stereocenters. The molecule has 0 amide bonds. The summed E-state index contributed by atoms with van der Waals surface area (Å²) in [5.74, 6) is -1.20. The van der Waals surface area contributed by atoms with E-state index in [0.717, 1.165) is 53.3 Å². The molecular weight excluding hydrogens is 390 g/mol. The molecule has 1 aliphatic rings. The van der Waals surface area contributed by atoms with E-state index in [9.17, 15) is 13.6 Å². The number of methoxy groups -OCH3 is 1. The van der Waals surface area contributed by atoms with E-state index in [1.165, 1.54) is 7.11 Å². The summed E-state index contributed by atoms with van der Waals surface area (Å²) in [6, 6.07) is 4.12. The second-order valence-corrected chi connectivity index (χ2v) is 7.64. The van der Waals surface area contributed by atoms with Crippen molar-refractivity contribution in [1.82, 2.24) is 0 Å². The summed E-state index contributed by atoms with van der Waals surface area (Å²) in [5.41, 5.74) is 3.66. The minimum Gasteiger partial charge on any atom is -0.497 e. The van der Waals surface area contributed by atoms with Gasteiger partial charge in [-0.2, -0.15) is 0 Å². The molecule has 0 spiro atoms. The van der Waals surface area contributed by atoms with E-state index in [1.807, 2.05) is 26.8 Å². The Balaban J connectivity index is 1.95. The molecule has 2 aromatic carbocycles. The Labute approximate surface area is 175 Å². The quantitative estimate of drug-likeness (QED) is 0.459. The van der Waals surface area contributed by atoms with Crippen LogP contribution >= 0.6 is 0 Å². The maximum Gasteiger partial charge on any atom is 0.330 e. The molecule has 1 aliphatic carbocycles. The van der Waals surface area contributed by atoms with Gasteiger partial charge < -0.3 is 14.2 Å². The van der Waals surface area contributed by atoms with Crippen molar-refractivity contribution in [1.29, 1.82) is 0 Å². The molecule has 0 fully saturated rings. The van der Waals surface area contributed by atoms with E-state index in [1.54, 1.807) is 0 Å². The van der Waals surface area contributed by atoms with E-state index >= 15 is 0 Å². The Kier molecular flexibility index (Phi) is 6.44. The van der Waals surface area contributed by atoms with Crippen LogP contribution < -0.4 is 9.47 Å². The molecule has 0 heterocycles. The summed E-state index contributed by atoms with van der Waals surface area (Å²) >= 11 is 0. The van der Waals surface area contributed by atoms with Crippen LogP contribution in [0, 0.1) is 31.4 Å². The highest BCUT2D eigenvalue weighted by Gasteiger charge is 2.33. The Morgan fingerprint density at radius 2 is 1.90 bits per heavy atom. The highest BCUT2D eigenvalue weighted by atomic mass is 19.1. The van der Waals surface area contributed by atoms with Crippen LogP contribution in [0.2, 0.25) is 0 Å². The molecule has 0 saturated heterocycles. The van der Waals surface area contributed by atoms with Crippen molar-refractivity contribution in [3.8, 4) is 11.5 Å². The number of hydrogen-bond donors (Lipinski definition) is 0. The topological polar surface area (TPSA) is 44.8 Å². The molecule has 6 heteroatoms. The van der Waals surface area contributed by atoms with Crippen LogP contribution in [-0.2, 0) is 22.6 Å². The lowest BCUT2D eigenvalue weighted by Crippen LogP contribution is -2.25. The van der Waals surface area contributed by atoms with Crippen molar-refractivity contribution in [3.05, 3.63) is 70.3 Å². The summed E-state index contributed by atoms with van der Waals surface area (Å²) in [7, 11) is 1.35. The Bertz CT molecular complexity index is 961. The molecule has 3 rings (SSSR count). The molecule has 2 atom stereocenters. The minimum absolute atomic E-state index is 0.107. The predicted molar refractivity (Wildman–Crippen MR) is 110 cm³/mol. The molecule has 0 radical (unpaired) electrons. The van der Waals surface area contributed by atoms with Crippen LogP contribution in [0.1, 0.15) is 47.3 Å². The molecule has 30 heavy (non-hydrogen) atoms. The first-order valence-corrected chi connectivity index (χ1v) is 9.87. The van der Waals surface area contributed by atoms with Gasteiger partial charge in [-0.1, -0.05) is 13.5 Å². The molecule has 0 bridgehead atoms. The van der Waals surface area contributed by atoms with Gasteiger partial charge in [0, 0.05) is 23.8 Å². The Morgan fingerprint density at radius 3 is 2.50 bits per heavy atom. The molecule has 0 N–H and O–H groups in total. The van der Waals surface area contributed by atoms with Crippen molar-refractivity contribution in [2.24, 2.45) is 5.92 Å². The number of hydrogen-bond acceptors (Lipinski definition) is 4. The molecule has 160 valence electrons. The summed E-state index contributed by atoms with van der Waals surface area (Å²) in [6.07, 6.45) is 2.49. The van der Waals surface area contributed by atoms with E-state index in [4.69, 9.17) is 14.2 Å². The van der Waals surface area contributed by atoms with Crippen LogP contribution in [0.4, 0.5) is 8.78 Å². The van der Waals surface area contributed by atoms with Gasteiger partial charge in [0.25, 0.3) is 0 Å². The highest BCUT2D eigenvalue weighted by Crippen LogP contribution is 2.43. The minimum atomic E-state index is -0.731. The number of benzene rings is 2. The van der Waals surface area contributed by atoms with Gasteiger partial charge in [-0.05, 0) is 55.4 Å².